The summed E-state index contributed by atoms with van der Waals surface area (Å²) in [6.45, 7) is 7.35. The molecule has 9 nitrogen and oxygen atoms in total. The van der Waals surface area contributed by atoms with Gasteiger partial charge in [-0.05, 0) is 56.2 Å². The molecule has 0 saturated carbocycles. The number of thiazole rings is 1. The molecule has 204 valence electrons. The van der Waals surface area contributed by atoms with Crippen LogP contribution < -0.4 is 29.1 Å². The van der Waals surface area contributed by atoms with Gasteiger partial charge in [-0.1, -0.05) is 17.4 Å². The number of phenolic OH excluding ortho intramolecular Hbond substituents is 1. The van der Waals surface area contributed by atoms with E-state index < -0.39 is 12.0 Å². The third-order valence-electron chi connectivity index (χ3n) is 6.31. The number of phenols is 1. The normalized spacial score (nSPS) is 14.9. The third-order valence-corrected chi connectivity index (χ3v) is 7.29. The van der Waals surface area contributed by atoms with E-state index in [0.717, 1.165) is 0 Å². The number of esters is 1. The fourth-order valence-electron chi connectivity index (χ4n) is 4.52. The minimum absolute atomic E-state index is 0.0253. The Morgan fingerprint density at radius 3 is 2.54 bits per heavy atom. The Bertz CT molecular complexity index is 1650. The number of methoxy groups -OCH3 is 3. The van der Waals surface area contributed by atoms with Gasteiger partial charge in [-0.2, -0.15) is 0 Å². The van der Waals surface area contributed by atoms with Crippen LogP contribution >= 0.6 is 11.3 Å². The Morgan fingerprint density at radius 1 is 1.15 bits per heavy atom. The number of fused-ring (bicyclic) bond motifs is 1. The first kappa shape index (κ1) is 27.7. The summed E-state index contributed by atoms with van der Waals surface area (Å²) < 4.78 is 23.6. The van der Waals surface area contributed by atoms with Gasteiger partial charge in [0.05, 0.1) is 43.7 Å². The maximum absolute atomic E-state index is 13.9. The highest BCUT2D eigenvalue weighted by Crippen LogP contribution is 2.38. The van der Waals surface area contributed by atoms with Crippen molar-refractivity contribution in [3.63, 3.8) is 0 Å². The highest BCUT2D eigenvalue weighted by atomic mass is 32.1. The second kappa shape index (κ2) is 11.6. The standard InChI is InChI=1S/C29H30N2O7S/c1-7-9-18-12-17(13-22(37-6)26(18)32)14-23-27(33)31-25(20-11-10-19(35-4)15-21(20)36-5)24(28(34)38-8-2)16(3)30-29(31)39-23/h7,10-15,25,32H,1,8-9H2,2-6H3/b23-14+/t25-/m0/s1. The maximum atomic E-state index is 13.9. The number of hydrogen-bond donors (Lipinski definition) is 1. The Hall–Kier alpha value is -4.31. The van der Waals surface area contributed by atoms with Crippen molar-refractivity contribution in [3.05, 3.63) is 90.6 Å². The number of allylic oxidation sites excluding steroid dienone is 2. The Kier molecular flexibility index (Phi) is 8.25. The van der Waals surface area contributed by atoms with Crippen LogP contribution in [0.15, 0.2) is 64.0 Å². The summed E-state index contributed by atoms with van der Waals surface area (Å²) in [6.07, 6.45) is 3.81. The Labute approximate surface area is 229 Å². The number of aromatic nitrogens is 1. The smallest absolute Gasteiger partial charge is 0.338 e. The zero-order valence-corrected chi connectivity index (χ0v) is 23.3. The van der Waals surface area contributed by atoms with Crippen molar-refractivity contribution in [2.24, 2.45) is 4.99 Å². The lowest BCUT2D eigenvalue weighted by atomic mass is 9.95. The zero-order valence-electron chi connectivity index (χ0n) is 22.4. The van der Waals surface area contributed by atoms with Crippen molar-refractivity contribution in [2.45, 2.75) is 26.3 Å². The Balaban J connectivity index is 1.99. The van der Waals surface area contributed by atoms with E-state index >= 15 is 0 Å². The molecule has 1 aliphatic rings. The van der Waals surface area contributed by atoms with E-state index in [1.165, 1.54) is 30.1 Å². The molecule has 1 atom stereocenters. The molecule has 0 spiro atoms. The van der Waals surface area contributed by atoms with E-state index in [9.17, 15) is 14.7 Å². The SMILES string of the molecule is C=CCc1cc(/C=c2/sc3n(c2=O)[C@@H](c2ccc(OC)cc2OC)C(C(=O)OCC)=C(C)N=3)cc(OC)c1O. The highest BCUT2D eigenvalue weighted by molar-refractivity contribution is 7.07. The summed E-state index contributed by atoms with van der Waals surface area (Å²) in [5, 5.41) is 10.5. The largest absolute Gasteiger partial charge is 0.504 e. The lowest BCUT2D eigenvalue weighted by molar-refractivity contribution is -0.139. The van der Waals surface area contributed by atoms with Crippen LogP contribution in [0.2, 0.25) is 0 Å². The monoisotopic (exact) mass is 550 g/mol. The minimum Gasteiger partial charge on any atom is -0.504 e. The summed E-state index contributed by atoms with van der Waals surface area (Å²) in [6, 6.07) is 7.80. The lowest BCUT2D eigenvalue weighted by Gasteiger charge is -2.26. The third kappa shape index (κ3) is 5.20. The van der Waals surface area contributed by atoms with Gasteiger partial charge in [0.1, 0.15) is 17.5 Å². The number of ether oxygens (including phenoxy) is 4. The molecule has 10 heteroatoms. The molecule has 1 aliphatic heterocycles. The fourth-order valence-corrected chi connectivity index (χ4v) is 5.57. The van der Waals surface area contributed by atoms with Gasteiger partial charge in [0.2, 0.25) is 0 Å². The van der Waals surface area contributed by atoms with Gasteiger partial charge in [-0.15, -0.1) is 6.58 Å². The summed E-state index contributed by atoms with van der Waals surface area (Å²) in [5.74, 6) is 0.765. The van der Waals surface area contributed by atoms with Gasteiger partial charge in [0, 0.05) is 17.2 Å². The van der Waals surface area contributed by atoms with Gasteiger partial charge in [0.15, 0.2) is 16.3 Å². The molecule has 3 aromatic rings. The predicted octanol–water partition coefficient (Wildman–Crippen LogP) is 3.26. The number of nitrogens with zero attached hydrogens (tertiary/aromatic N) is 2. The minimum atomic E-state index is -0.839. The molecule has 0 bridgehead atoms. The molecule has 0 unspecified atom stereocenters. The highest BCUT2D eigenvalue weighted by Gasteiger charge is 2.35. The molecule has 0 radical (unpaired) electrons. The fraction of sp³-hybridized carbons (Fsp3) is 0.276. The lowest BCUT2D eigenvalue weighted by Crippen LogP contribution is -2.40. The molecule has 39 heavy (non-hydrogen) atoms. The van der Waals surface area contributed by atoms with E-state index in [1.54, 1.807) is 63.4 Å². The molecular weight excluding hydrogens is 520 g/mol. The first-order valence-electron chi connectivity index (χ1n) is 12.2. The van der Waals surface area contributed by atoms with Crippen molar-refractivity contribution in [1.29, 1.82) is 0 Å². The molecule has 2 heterocycles. The number of carbonyl (C=O) groups excluding carboxylic acids is 1. The average Bonchev–Trinajstić information content (AvgIpc) is 3.23. The number of hydrogen-bond acceptors (Lipinski definition) is 9. The number of carbonyl (C=O) groups is 1. The topological polar surface area (TPSA) is 109 Å². The molecule has 4 rings (SSSR count). The summed E-state index contributed by atoms with van der Waals surface area (Å²) >= 11 is 1.20. The van der Waals surface area contributed by atoms with Gasteiger partial charge in [-0.3, -0.25) is 9.36 Å². The van der Waals surface area contributed by atoms with Crippen molar-refractivity contribution >= 4 is 23.4 Å². The average molecular weight is 551 g/mol. The number of aromatic hydroxyl groups is 1. The Morgan fingerprint density at radius 2 is 1.90 bits per heavy atom. The molecule has 0 aliphatic carbocycles. The van der Waals surface area contributed by atoms with Gasteiger partial charge >= 0.3 is 5.97 Å². The molecule has 0 fully saturated rings. The van der Waals surface area contributed by atoms with Gasteiger partial charge in [-0.25, -0.2) is 9.79 Å². The van der Waals surface area contributed by atoms with E-state index in [4.69, 9.17) is 18.9 Å². The van der Waals surface area contributed by atoms with Crippen LogP contribution in [0.25, 0.3) is 6.08 Å². The van der Waals surface area contributed by atoms with E-state index in [0.29, 0.717) is 49.6 Å². The zero-order chi connectivity index (χ0) is 28.3. The van der Waals surface area contributed by atoms with Crippen LogP contribution in [0.5, 0.6) is 23.0 Å². The van der Waals surface area contributed by atoms with Gasteiger partial charge < -0.3 is 24.1 Å². The summed E-state index contributed by atoms with van der Waals surface area (Å²) in [5.41, 5.74) is 2.22. The summed E-state index contributed by atoms with van der Waals surface area (Å²) in [4.78, 5) is 32.1. The molecule has 1 N–H and O–H groups in total. The van der Waals surface area contributed by atoms with Crippen LogP contribution in [0, 0.1) is 0 Å². The second-order valence-electron chi connectivity index (χ2n) is 8.63. The van der Waals surface area contributed by atoms with E-state index in [1.807, 2.05) is 0 Å². The van der Waals surface area contributed by atoms with Crippen LogP contribution in [0.3, 0.4) is 0 Å². The van der Waals surface area contributed by atoms with Crippen LogP contribution in [-0.4, -0.2) is 43.6 Å². The first-order valence-corrected chi connectivity index (χ1v) is 13.0. The number of benzene rings is 2. The molecular formula is C29H30N2O7S. The van der Waals surface area contributed by atoms with Crippen LogP contribution in [0.4, 0.5) is 0 Å². The van der Waals surface area contributed by atoms with E-state index in [2.05, 4.69) is 11.6 Å². The quantitative estimate of drug-likeness (QED) is 0.322. The number of rotatable bonds is 9. The van der Waals surface area contributed by atoms with E-state index in [-0.39, 0.29) is 29.2 Å². The first-order chi connectivity index (χ1) is 18.8. The summed E-state index contributed by atoms with van der Waals surface area (Å²) in [7, 11) is 4.53. The molecule has 0 amide bonds. The van der Waals surface area contributed by atoms with Crippen LogP contribution in [-0.2, 0) is 16.0 Å². The predicted molar refractivity (Wildman–Crippen MR) is 149 cm³/mol. The molecule has 0 saturated heterocycles. The van der Waals surface area contributed by atoms with Crippen molar-refractivity contribution < 1.29 is 28.8 Å². The maximum Gasteiger partial charge on any atom is 0.338 e. The van der Waals surface area contributed by atoms with Crippen molar-refractivity contribution in [3.8, 4) is 23.0 Å². The van der Waals surface area contributed by atoms with Crippen LogP contribution in [0.1, 0.15) is 36.6 Å². The van der Waals surface area contributed by atoms with Crippen molar-refractivity contribution in [2.75, 3.05) is 27.9 Å². The van der Waals surface area contributed by atoms with Gasteiger partial charge in [0.25, 0.3) is 5.56 Å². The second-order valence-corrected chi connectivity index (χ2v) is 9.64. The van der Waals surface area contributed by atoms with Crippen molar-refractivity contribution in [1.82, 2.24) is 4.57 Å². The molecule has 2 aromatic carbocycles. The molecule has 1 aromatic heterocycles.